The van der Waals surface area contributed by atoms with Gasteiger partial charge in [0.25, 0.3) is 0 Å². The van der Waals surface area contributed by atoms with Crippen molar-refractivity contribution in [1.82, 2.24) is 15.0 Å². The van der Waals surface area contributed by atoms with E-state index in [9.17, 15) is 5.11 Å². The van der Waals surface area contributed by atoms with Gasteiger partial charge >= 0.3 is 0 Å². The summed E-state index contributed by atoms with van der Waals surface area (Å²) in [4.78, 5) is 14.3. The number of hydrogen-bond donors (Lipinski definition) is 3. The van der Waals surface area contributed by atoms with Crippen molar-refractivity contribution >= 4 is 33.3 Å². The summed E-state index contributed by atoms with van der Waals surface area (Å²) >= 11 is 1.66. The molecule has 3 aromatic rings. The van der Waals surface area contributed by atoms with Crippen LogP contribution in [-0.4, -0.2) is 38.7 Å². The first kappa shape index (κ1) is 17.8. The molecule has 0 radical (unpaired) electrons. The van der Waals surface area contributed by atoms with Crippen molar-refractivity contribution in [2.45, 2.75) is 51.2 Å². The van der Waals surface area contributed by atoms with Crippen LogP contribution in [0, 0.1) is 12.8 Å². The lowest BCUT2D eigenvalue weighted by atomic mass is 10.1. The fourth-order valence-corrected chi connectivity index (χ4v) is 4.90. The number of nitrogens with zero attached hydrogens (tertiary/aromatic N) is 3. The summed E-state index contributed by atoms with van der Waals surface area (Å²) in [5, 5.41) is 18.1. The van der Waals surface area contributed by atoms with Crippen molar-refractivity contribution < 1.29 is 5.11 Å². The number of fused-ring (bicyclic) bond motifs is 1. The molecule has 6 nitrogen and oxygen atoms in total. The number of aliphatic hydroxyl groups excluding tert-OH is 1. The Kier molecular flexibility index (Phi) is 4.64. The van der Waals surface area contributed by atoms with Crippen molar-refractivity contribution in [3.05, 3.63) is 30.0 Å². The number of benzene rings is 1. The van der Waals surface area contributed by atoms with Crippen molar-refractivity contribution in [3.63, 3.8) is 0 Å². The second-order valence-electron chi connectivity index (χ2n) is 7.92. The van der Waals surface area contributed by atoms with Crippen LogP contribution in [0.2, 0.25) is 0 Å². The largest absolute Gasteiger partial charge is 0.391 e. The molecular weight excluding hydrogens is 370 g/mol. The molecule has 146 valence electrons. The number of aliphatic hydroxyl groups is 1. The minimum atomic E-state index is -0.332. The number of rotatable bonds is 6. The van der Waals surface area contributed by atoms with Gasteiger partial charge in [0.15, 0.2) is 0 Å². The second kappa shape index (κ2) is 7.29. The van der Waals surface area contributed by atoms with Crippen LogP contribution < -0.4 is 10.6 Å². The van der Waals surface area contributed by atoms with E-state index in [0.29, 0.717) is 5.95 Å². The average molecular weight is 396 g/mol. The lowest BCUT2D eigenvalue weighted by molar-refractivity contribution is 0.171. The molecule has 0 bridgehead atoms. The maximum absolute atomic E-state index is 10.3. The summed E-state index contributed by atoms with van der Waals surface area (Å²) in [6.45, 7) is 2.94. The number of anilines is 2. The summed E-state index contributed by atoms with van der Waals surface area (Å²) in [6.07, 6.45) is 5.07. The Hall–Kier alpha value is -2.25. The maximum atomic E-state index is 10.3. The van der Waals surface area contributed by atoms with E-state index >= 15 is 0 Å². The lowest BCUT2D eigenvalue weighted by Crippen LogP contribution is -2.29. The van der Waals surface area contributed by atoms with E-state index < -0.39 is 0 Å². The first-order valence-electron chi connectivity index (χ1n) is 10.1. The number of aromatic nitrogens is 3. The molecule has 2 aromatic heterocycles. The van der Waals surface area contributed by atoms with Crippen molar-refractivity contribution in [1.29, 1.82) is 0 Å². The molecule has 2 aliphatic carbocycles. The molecule has 2 saturated carbocycles. The fourth-order valence-electron chi connectivity index (χ4n) is 3.83. The minimum absolute atomic E-state index is 0.0266. The van der Waals surface area contributed by atoms with Crippen LogP contribution in [-0.2, 0) is 0 Å². The Morgan fingerprint density at radius 3 is 2.71 bits per heavy atom. The highest BCUT2D eigenvalue weighted by Crippen LogP contribution is 2.37. The van der Waals surface area contributed by atoms with Gasteiger partial charge < -0.3 is 15.7 Å². The van der Waals surface area contributed by atoms with E-state index in [-0.39, 0.29) is 12.1 Å². The van der Waals surface area contributed by atoms with Gasteiger partial charge in [-0.2, -0.15) is 4.98 Å². The van der Waals surface area contributed by atoms with Crippen LogP contribution in [0.1, 0.15) is 37.8 Å². The molecule has 0 aliphatic heterocycles. The molecular formula is C21H25N5OS. The van der Waals surface area contributed by atoms with Crippen LogP contribution in [0.5, 0.6) is 0 Å². The molecule has 2 fully saturated rings. The lowest BCUT2D eigenvalue weighted by Gasteiger charge is -2.20. The minimum Gasteiger partial charge on any atom is -0.391 e. The number of aryl methyl sites for hydroxylation is 1. The Morgan fingerprint density at radius 2 is 1.96 bits per heavy atom. The van der Waals surface area contributed by atoms with Crippen LogP contribution in [0.15, 0.2) is 24.3 Å². The monoisotopic (exact) mass is 395 g/mol. The molecule has 2 aliphatic rings. The molecule has 0 spiro atoms. The molecule has 0 amide bonds. The number of nitrogens with one attached hydrogen (secondary N) is 2. The topological polar surface area (TPSA) is 83.0 Å². The summed E-state index contributed by atoms with van der Waals surface area (Å²) < 4.78 is 1.15. The molecule has 5 rings (SSSR count). The van der Waals surface area contributed by atoms with Crippen molar-refractivity contribution in [3.8, 4) is 10.6 Å². The standard InChI is InChI=1S/C21H25N5OS/c1-12-18(20-25-15-5-2-3-8-17(15)28-20)19(24-14-6-4-7-16(14)27)26-21(23-12)22-11-13-9-10-13/h2-3,5,8,13-14,16,27H,4,6-7,9-11H2,1H3,(H2,22,23,24,26)/t14-,16-/m0/s1. The molecule has 0 saturated heterocycles. The highest BCUT2D eigenvalue weighted by molar-refractivity contribution is 7.21. The zero-order valence-corrected chi connectivity index (χ0v) is 16.8. The van der Waals surface area contributed by atoms with Gasteiger partial charge in [0, 0.05) is 6.54 Å². The smallest absolute Gasteiger partial charge is 0.224 e. The Morgan fingerprint density at radius 1 is 1.11 bits per heavy atom. The molecule has 28 heavy (non-hydrogen) atoms. The Labute approximate surface area is 168 Å². The number of thiazole rings is 1. The van der Waals surface area contributed by atoms with Gasteiger partial charge in [-0.25, -0.2) is 9.97 Å². The third-order valence-electron chi connectivity index (χ3n) is 5.65. The summed E-state index contributed by atoms with van der Waals surface area (Å²) in [7, 11) is 0. The normalized spacial score (nSPS) is 21.9. The van der Waals surface area contributed by atoms with E-state index in [1.807, 2.05) is 25.1 Å². The van der Waals surface area contributed by atoms with Crippen LogP contribution >= 0.6 is 11.3 Å². The van der Waals surface area contributed by atoms with Gasteiger partial charge in [-0.3, -0.25) is 0 Å². The summed E-state index contributed by atoms with van der Waals surface area (Å²) in [5.74, 6) is 2.18. The van der Waals surface area contributed by atoms with E-state index in [1.54, 1.807) is 11.3 Å². The zero-order chi connectivity index (χ0) is 19.1. The molecule has 7 heteroatoms. The van der Waals surface area contributed by atoms with Crippen molar-refractivity contribution in [2.24, 2.45) is 5.92 Å². The fraction of sp³-hybridized carbons (Fsp3) is 0.476. The first-order chi connectivity index (χ1) is 13.7. The molecule has 2 heterocycles. The zero-order valence-electron chi connectivity index (χ0n) is 16.0. The Balaban J connectivity index is 1.54. The van der Waals surface area contributed by atoms with Crippen LogP contribution in [0.25, 0.3) is 20.8 Å². The molecule has 1 aromatic carbocycles. The highest BCUT2D eigenvalue weighted by Gasteiger charge is 2.28. The van der Waals surface area contributed by atoms with E-state index in [1.165, 1.54) is 12.8 Å². The highest BCUT2D eigenvalue weighted by atomic mass is 32.1. The predicted octanol–water partition coefficient (Wildman–Crippen LogP) is 4.21. The average Bonchev–Trinajstić information content (AvgIpc) is 3.29. The molecule has 3 N–H and O–H groups in total. The van der Waals surface area contributed by atoms with Gasteiger partial charge in [-0.05, 0) is 57.1 Å². The van der Waals surface area contributed by atoms with Gasteiger partial charge in [0.05, 0.1) is 33.6 Å². The van der Waals surface area contributed by atoms with E-state index in [2.05, 4.69) is 16.7 Å². The van der Waals surface area contributed by atoms with Crippen LogP contribution in [0.4, 0.5) is 11.8 Å². The molecule has 0 unspecified atom stereocenters. The Bertz CT molecular complexity index is 967. The second-order valence-corrected chi connectivity index (χ2v) is 8.95. The SMILES string of the molecule is Cc1nc(NCC2CC2)nc(N[C@H]2CCC[C@@H]2O)c1-c1nc2ccccc2s1. The molecule has 2 atom stereocenters. The summed E-state index contributed by atoms with van der Waals surface area (Å²) in [6, 6.07) is 8.19. The third-order valence-corrected chi connectivity index (χ3v) is 6.70. The maximum Gasteiger partial charge on any atom is 0.224 e. The van der Waals surface area contributed by atoms with Crippen molar-refractivity contribution in [2.75, 3.05) is 17.2 Å². The number of hydrogen-bond acceptors (Lipinski definition) is 7. The first-order valence-corrected chi connectivity index (χ1v) is 10.9. The van der Waals surface area contributed by atoms with E-state index in [0.717, 1.165) is 64.0 Å². The van der Waals surface area contributed by atoms with Gasteiger partial charge in [-0.15, -0.1) is 11.3 Å². The van der Waals surface area contributed by atoms with E-state index in [4.69, 9.17) is 15.0 Å². The predicted molar refractivity (Wildman–Crippen MR) is 114 cm³/mol. The summed E-state index contributed by atoms with van der Waals surface area (Å²) in [5.41, 5.74) is 2.84. The third kappa shape index (κ3) is 3.56. The van der Waals surface area contributed by atoms with Gasteiger partial charge in [-0.1, -0.05) is 12.1 Å². The van der Waals surface area contributed by atoms with Crippen LogP contribution in [0.3, 0.4) is 0 Å². The van der Waals surface area contributed by atoms with Gasteiger partial charge in [0.1, 0.15) is 10.8 Å². The number of para-hydroxylation sites is 1. The van der Waals surface area contributed by atoms with Gasteiger partial charge in [0.2, 0.25) is 5.95 Å². The quantitative estimate of drug-likeness (QED) is 0.580.